The van der Waals surface area contributed by atoms with Crippen molar-refractivity contribution in [1.82, 2.24) is 0 Å². The van der Waals surface area contributed by atoms with Crippen molar-refractivity contribution in [2.75, 3.05) is 13.2 Å². The zero-order valence-electron chi connectivity index (χ0n) is 9.11. The quantitative estimate of drug-likeness (QED) is 0.705. The number of hydrogen-bond donors (Lipinski definition) is 1. The molecule has 2 bridgehead atoms. The molecule has 0 unspecified atom stereocenters. The van der Waals surface area contributed by atoms with Gasteiger partial charge in [-0.3, -0.25) is 0 Å². The topological polar surface area (TPSA) is 72.8 Å². The summed E-state index contributed by atoms with van der Waals surface area (Å²) in [6.45, 7) is -1.10. The summed E-state index contributed by atoms with van der Waals surface area (Å²) in [4.78, 5) is 22.1. The Kier molecular flexibility index (Phi) is 3.14. The van der Waals surface area contributed by atoms with Crippen molar-refractivity contribution in [3.8, 4) is 0 Å². The van der Waals surface area contributed by atoms with Gasteiger partial charge in [-0.1, -0.05) is 0 Å². The van der Waals surface area contributed by atoms with Crippen molar-refractivity contribution in [3.05, 3.63) is 0 Å². The third-order valence-electron chi connectivity index (χ3n) is 3.49. The minimum atomic E-state index is -0.801. The number of rotatable bonds is 4. The molecular weight excluding hydrogens is 212 g/mol. The van der Waals surface area contributed by atoms with Crippen LogP contribution in [-0.2, 0) is 19.1 Å². The molecule has 0 saturated heterocycles. The first-order valence-corrected chi connectivity index (χ1v) is 5.62. The maximum absolute atomic E-state index is 11.4. The molecule has 0 amide bonds. The third kappa shape index (κ3) is 2.35. The average molecular weight is 228 g/mol. The normalized spacial score (nSPS) is 31.4. The van der Waals surface area contributed by atoms with E-state index in [0.29, 0.717) is 5.92 Å². The second-order valence-corrected chi connectivity index (χ2v) is 4.62. The monoisotopic (exact) mass is 228 g/mol. The third-order valence-corrected chi connectivity index (χ3v) is 3.49. The van der Waals surface area contributed by atoms with Gasteiger partial charge in [0, 0.05) is 0 Å². The predicted molar refractivity (Wildman–Crippen MR) is 53.4 cm³/mol. The van der Waals surface area contributed by atoms with Gasteiger partial charge in [-0.25, -0.2) is 9.59 Å². The maximum atomic E-state index is 11.4. The van der Waals surface area contributed by atoms with E-state index in [1.54, 1.807) is 0 Å². The average Bonchev–Trinajstić information content (AvgIpc) is 2.85. The fourth-order valence-corrected chi connectivity index (χ4v) is 2.74. The molecule has 0 atom stereocenters. The van der Waals surface area contributed by atoms with Gasteiger partial charge in [0.1, 0.15) is 12.2 Å². The molecule has 2 aliphatic carbocycles. The maximum Gasteiger partial charge on any atom is 0.344 e. The molecule has 0 heterocycles. The smallest absolute Gasteiger partial charge is 0.344 e. The van der Waals surface area contributed by atoms with Crippen LogP contribution in [0.2, 0.25) is 0 Å². The van der Waals surface area contributed by atoms with E-state index in [4.69, 9.17) is 9.84 Å². The lowest BCUT2D eigenvalue weighted by Crippen LogP contribution is -2.32. The Balaban J connectivity index is 1.77. The van der Waals surface area contributed by atoms with E-state index in [1.165, 1.54) is 0 Å². The second-order valence-electron chi connectivity index (χ2n) is 4.62. The summed E-state index contributed by atoms with van der Waals surface area (Å²) < 4.78 is 9.89. The molecule has 2 aliphatic rings. The molecular formula is C11H16O5. The summed E-state index contributed by atoms with van der Waals surface area (Å²) in [6, 6.07) is 0. The standard InChI is InChI=1S/C11H16O5/c12-6-9(13)15-7-10(14)16-11-3-1-8(5-11)2-4-11/h8,12H,1-7H2. The number of fused-ring (bicyclic) bond motifs is 2. The number of aliphatic hydroxyl groups excluding tert-OH is 1. The van der Waals surface area contributed by atoms with Crippen LogP contribution < -0.4 is 0 Å². The van der Waals surface area contributed by atoms with Crippen molar-refractivity contribution in [2.24, 2.45) is 5.92 Å². The fourth-order valence-electron chi connectivity index (χ4n) is 2.74. The highest BCUT2D eigenvalue weighted by Crippen LogP contribution is 2.49. The highest BCUT2D eigenvalue weighted by molar-refractivity contribution is 5.77. The van der Waals surface area contributed by atoms with E-state index >= 15 is 0 Å². The highest BCUT2D eigenvalue weighted by Gasteiger charge is 2.47. The van der Waals surface area contributed by atoms with Gasteiger partial charge in [0.15, 0.2) is 6.61 Å². The van der Waals surface area contributed by atoms with Crippen LogP contribution in [0, 0.1) is 5.92 Å². The van der Waals surface area contributed by atoms with Gasteiger partial charge in [-0.2, -0.15) is 0 Å². The lowest BCUT2D eigenvalue weighted by Gasteiger charge is -2.26. The van der Waals surface area contributed by atoms with Gasteiger partial charge < -0.3 is 14.6 Å². The molecule has 2 fully saturated rings. The van der Waals surface area contributed by atoms with E-state index in [1.807, 2.05) is 0 Å². The zero-order chi connectivity index (χ0) is 11.6. The molecule has 0 aliphatic heterocycles. The minimum Gasteiger partial charge on any atom is -0.457 e. The largest absolute Gasteiger partial charge is 0.457 e. The van der Waals surface area contributed by atoms with Gasteiger partial charge >= 0.3 is 11.9 Å². The summed E-state index contributed by atoms with van der Waals surface area (Å²) in [6.07, 6.45) is 5.06. The summed E-state index contributed by atoms with van der Waals surface area (Å²) in [5.74, 6) is -0.609. The molecule has 0 aromatic rings. The number of aliphatic hydroxyl groups is 1. The number of carbonyl (C=O) groups is 2. The molecule has 2 rings (SSSR count). The molecule has 5 nitrogen and oxygen atoms in total. The van der Waals surface area contributed by atoms with Crippen LogP contribution >= 0.6 is 0 Å². The number of hydrogen-bond acceptors (Lipinski definition) is 5. The summed E-state index contributed by atoms with van der Waals surface area (Å²) in [5, 5.41) is 8.41. The zero-order valence-corrected chi connectivity index (χ0v) is 9.11. The SMILES string of the molecule is O=C(CO)OCC(=O)OC12CCC(CC1)C2. The van der Waals surface area contributed by atoms with Crippen LogP contribution in [0.1, 0.15) is 32.1 Å². The predicted octanol–water partition coefficient (Wildman–Crippen LogP) is 0.398. The first-order valence-electron chi connectivity index (χ1n) is 5.62. The van der Waals surface area contributed by atoms with Crippen LogP contribution in [0.25, 0.3) is 0 Å². The van der Waals surface area contributed by atoms with Crippen molar-refractivity contribution < 1.29 is 24.2 Å². The number of ether oxygens (including phenoxy) is 2. The molecule has 16 heavy (non-hydrogen) atoms. The Morgan fingerprint density at radius 1 is 1.25 bits per heavy atom. The Bertz CT molecular complexity index is 291. The first kappa shape index (κ1) is 11.4. The van der Waals surface area contributed by atoms with Crippen molar-refractivity contribution in [3.63, 3.8) is 0 Å². The van der Waals surface area contributed by atoms with Crippen LogP contribution in [0.15, 0.2) is 0 Å². The van der Waals surface area contributed by atoms with Crippen LogP contribution in [0.5, 0.6) is 0 Å². The van der Waals surface area contributed by atoms with Gasteiger partial charge in [0.2, 0.25) is 0 Å². The molecule has 0 radical (unpaired) electrons. The molecule has 2 saturated carbocycles. The fraction of sp³-hybridized carbons (Fsp3) is 0.818. The molecule has 5 heteroatoms. The molecule has 0 aromatic carbocycles. The van der Waals surface area contributed by atoms with E-state index in [9.17, 15) is 9.59 Å². The molecule has 90 valence electrons. The summed E-state index contributed by atoms with van der Waals surface area (Å²) >= 11 is 0. The van der Waals surface area contributed by atoms with E-state index in [0.717, 1.165) is 32.1 Å². The Morgan fingerprint density at radius 2 is 1.94 bits per heavy atom. The van der Waals surface area contributed by atoms with Gasteiger partial charge in [-0.15, -0.1) is 0 Å². The highest BCUT2D eigenvalue weighted by atomic mass is 16.6. The van der Waals surface area contributed by atoms with E-state index in [-0.39, 0.29) is 5.60 Å². The van der Waals surface area contributed by atoms with E-state index < -0.39 is 25.2 Å². The van der Waals surface area contributed by atoms with Gasteiger partial charge in [0.25, 0.3) is 0 Å². The lowest BCUT2D eigenvalue weighted by atomic mass is 9.97. The summed E-state index contributed by atoms with van der Waals surface area (Å²) in [7, 11) is 0. The second kappa shape index (κ2) is 4.41. The van der Waals surface area contributed by atoms with Crippen molar-refractivity contribution in [1.29, 1.82) is 0 Å². The van der Waals surface area contributed by atoms with Crippen molar-refractivity contribution >= 4 is 11.9 Å². The van der Waals surface area contributed by atoms with Crippen LogP contribution in [0.4, 0.5) is 0 Å². The van der Waals surface area contributed by atoms with Crippen LogP contribution in [-0.4, -0.2) is 35.9 Å². The van der Waals surface area contributed by atoms with Gasteiger partial charge in [-0.05, 0) is 38.0 Å². The molecule has 0 spiro atoms. The number of esters is 2. The Hall–Kier alpha value is -1.10. The van der Waals surface area contributed by atoms with Crippen LogP contribution in [0.3, 0.4) is 0 Å². The number of carbonyl (C=O) groups excluding carboxylic acids is 2. The lowest BCUT2D eigenvalue weighted by molar-refractivity contribution is -0.170. The molecule has 1 N–H and O–H groups in total. The Labute approximate surface area is 93.7 Å². The van der Waals surface area contributed by atoms with Gasteiger partial charge in [0.05, 0.1) is 0 Å². The first-order chi connectivity index (χ1) is 7.63. The van der Waals surface area contributed by atoms with E-state index in [2.05, 4.69) is 4.74 Å². The molecule has 0 aromatic heterocycles. The minimum absolute atomic E-state index is 0.284. The van der Waals surface area contributed by atoms with Crippen molar-refractivity contribution in [2.45, 2.75) is 37.7 Å². The Morgan fingerprint density at radius 3 is 2.44 bits per heavy atom. The summed E-state index contributed by atoms with van der Waals surface area (Å²) in [5.41, 5.74) is -0.284.